The molecule has 0 radical (unpaired) electrons. The van der Waals surface area contributed by atoms with Crippen LogP contribution in [0.3, 0.4) is 0 Å². The standard InChI is InChI=1S/C19H20N2O3S/c1-13-6-8-15(9-7-13)20-18(23)12-21-11-16(25-19(21)24)10-14-4-2-3-5-17(14)22/h2-9,16,22H,10-12H2,1H3,(H,20,23). The van der Waals surface area contributed by atoms with Crippen molar-refractivity contribution in [3.63, 3.8) is 0 Å². The van der Waals surface area contributed by atoms with E-state index in [0.29, 0.717) is 13.0 Å². The predicted molar refractivity (Wildman–Crippen MR) is 100.0 cm³/mol. The van der Waals surface area contributed by atoms with Crippen molar-refractivity contribution in [2.75, 3.05) is 18.4 Å². The first-order valence-corrected chi connectivity index (χ1v) is 8.98. The highest BCUT2D eigenvalue weighted by atomic mass is 32.2. The fourth-order valence-electron chi connectivity index (χ4n) is 2.75. The maximum absolute atomic E-state index is 12.2. The minimum atomic E-state index is -0.207. The number of carbonyl (C=O) groups excluding carboxylic acids is 2. The second kappa shape index (κ2) is 7.61. The van der Waals surface area contributed by atoms with Gasteiger partial charge in [0.2, 0.25) is 5.91 Å². The molecule has 6 heteroatoms. The third kappa shape index (κ3) is 4.54. The van der Waals surface area contributed by atoms with Gasteiger partial charge in [0.05, 0.1) is 0 Å². The van der Waals surface area contributed by atoms with Crippen LogP contribution in [0.15, 0.2) is 48.5 Å². The van der Waals surface area contributed by atoms with E-state index in [1.165, 1.54) is 11.8 Å². The van der Waals surface area contributed by atoms with Crippen molar-refractivity contribution in [3.8, 4) is 5.75 Å². The third-order valence-electron chi connectivity index (χ3n) is 4.06. The van der Waals surface area contributed by atoms with Crippen LogP contribution >= 0.6 is 11.8 Å². The molecule has 2 amide bonds. The second-order valence-corrected chi connectivity index (χ2v) is 7.38. The molecular formula is C19H20N2O3S. The Bertz CT molecular complexity index is 776. The fraction of sp³-hybridized carbons (Fsp3) is 0.263. The summed E-state index contributed by atoms with van der Waals surface area (Å²) < 4.78 is 0. The number of anilines is 1. The lowest BCUT2D eigenvalue weighted by molar-refractivity contribution is -0.116. The minimum Gasteiger partial charge on any atom is -0.508 e. The van der Waals surface area contributed by atoms with Gasteiger partial charge in [0.25, 0.3) is 5.24 Å². The smallest absolute Gasteiger partial charge is 0.282 e. The van der Waals surface area contributed by atoms with Crippen molar-refractivity contribution in [2.45, 2.75) is 18.6 Å². The van der Waals surface area contributed by atoms with E-state index >= 15 is 0 Å². The van der Waals surface area contributed by atoms with Gasteiger partial charge in [0.1, 0.15) is 12.3 Å². The van der Waals surface area contributed by atoms with E-state index in [9.17, 15) is 14.7 Å². The highest BCUT2D eigenvalue weighted by molar-refractivity contribution is 8.14. The number of nitrogens with zero attached hydrogens (tertiary/aromatic N) is 1. The Morgan fingerprint density at radius 3 is 2.68 bits per heavy atom. The van der Waals surface area contributed by atoms with Crippen LogP contribution < -0.4 is 5.32 Å². The van der Waals surface area contributed by atoms with Gasteiger partial charge in [-0.2, -0.15) is 0 Å². The van der Waals surface area contributed by atoms with E-state index < -0.39 is 0 Å². The largest absolute Gasteiger partial charge is 0.508 e. The number of para-hydroxylation sites is 1. The van der Waals surface area contributed by atoms with Gasteiger partial charge in [-0.05, 0) is 37.1 Å². The van der Waals surface area contributed by atoms with E-state index in [-0.39, 0.29) is 28.7 Å². The molecule has 1 heterocycles. The number of hydrogen-bond donors (Lipinski definition) is 2. The summed E-state index contributed by atoms with van der Waals surface area (Å²) in [6.07, 6.45) is 0.596. The van der Waals surface area contributed by atoms with E-state index in [1.54, 1.807) is 17.0 Å². The number of phenolic OH excluding ortho intramolecular Hbond substituents is 1. The SMILES string of the molecule is Cc1ccc(NC(=O)CN2CC(Cc3ccccc3O)SC2=O)cc1. The molecule has 1 saturated heterocycles. The van der Waals surface area contributed by atoms with Crippen molar-refractivity contribution >= 4 is 28.6 Å². The average molecular weight is 356 g/mol. The Morgan fingerprint density at radius 1 is 1.24 bits per heavy atom. The molecule has 1 fully saturated rings. The highest BCUT2D eigenvalue weighted by Gasteiger charge is 2.32. The summed E-state index contributed by atoms with van der Waals surface area (Å²) in [6, 6.07) is 14.7. The summed E-state index contributed by atoms with van der Waals surface area (Å²) in [7, 11) is 0. The molecule has 0 spiro atoms. The lowest BCUT2D eigenvalue weighted by Crippen LogP contribution is -2.34. The number of benzene rings is 2. The maximum Gasteiger partial charge on any atom is 0.282 e. The maximum atomic E-state index is 12.2. The van der Waals surface area contributed by atoms with Crippen LogP contribution in [-0.4, -0.2) is 39.5 Å². The Hall–Kier alpha value is -2.47. The topological polar surface area (TPSA) is 69.6 Å². The molecule has 1 aliphatic heterocycles. The van der Waals surface area contributed by atoms with Gasteiger partial charge in [-0.25, -0.2) is 0 Å². The number of aromatic hydroxyl groups is 1. The molecule has 0 saturated carbocycles. The first-order valence-electron chi connectivity index (χ1n) is 8.10. The number of amides is 2. The van der Waals surface area contributed by atoms with E-state index in [0.717, 1.165) is 16.8 Å². The van der Waals surface area contributed by atoms with E-state index in [2.05, 4.69) is 5.32 Å². The summed E-state index contributed by atoms with van der Waals surface area (Å²) in [5, 5.41) is 12.6. The van der Waals surface area contributed by atoms with Crippen LogP contribution in [0, 0.1) is 6.92 Å². The summed E-state index contributed by atoms with van der Waals surface area (Å²) >= 11 is 1.22. The zero-order valence-corrected chi connectivity index (χ0v) is 14.8. The van der Waals surface area contributed by atoms with Crippen LogP contribution in [0.2, 0.25) is 0 Å². The molecule has 0 aromatic heterocycles. The zero-order valence-electron chi connectivity index (χ0n) is 13.9. The zero-order chi connectivity index (χ0) is 17.8. The van der Waals surface area contributed by atoms with Crippen LogP contribution in [0.5, 0.6) is 5.75 Å². The van der Waals surface area contributed by atoms with Crippen LogP contribution in [0.1, 0.15) is 11.1 Å². The molecule has 1 atom stereocenters. The lowest BCUT2D eigenvalue weighted by Gasteiger charge is -2.15. The van der Waals surface area contributed by atoms with Crippen molar-refractivity contribution in [3.05, 3.63) is 59.7 Å². The fourth-order valence-corrected chi connectivity index (χ4v) is 3.84. The van der Waals surface area contributed by atoms with Gasteiger partial charge in [0, 0.05) is 17.5 Å². The molecule has 2 aromatic carbocycles. The Morgan fingerprint density at radius 2 is 1.96 bits per heavy atom. The lowest BCUT2D eigenvalue weighted by atomic mass is 10.1. The molecule has 3 rings (SSSR count). The Labute approximate surface area is 151 Å². The summed E-state index contributed by atoms with van der Waals surface area (Å²) in [6.45, 7) is 2.52. The van der Waals surface area contributed by atoms with E-state index in [1.807, 2.05) is 43.3 Å². The highest BCUT2D eigenvalue weighted by Crippen LogP contribution is 2.30. The van der Waals surface area contributed by atoms with Gasteiger partial charge in [-0.3, -0.25) is 9.59 Å². The number of hydrogen-bond acceptors (Lipinski definition) is 4. The van der Waals surface area contributed by atoms with Gasteiger partial charge in [-0.15, -0.1) is 0 Å². The van der Waals surface area contributed by atoms with Crippen molar-refractivity contribution in [2.24, 2.45) is 0 Å². The van der Waals surface area contributed by atoms with Crippen LogP contribution in [-0.2, 0) is 11.2 Å². The molecule has 130 valence electrons. The van der Waals surface area contributed by atoms with Crippen molar-refractivity contribution in [1.29, 1.82) is 0 Å². The Balaban J connectivity index is 1.55. The second-order valence-electron chi connectivity index (χ2n) is 6.13. The monoisotopic (exact) mass is 356 g/mol. The number of thioether (sulfide) groups is 1. The van der Waals surface area contributed by atoms with Crippen LogP contribution in [0.4, 0.5) is 10.5 Å². The van der Waals surface area contributed by atoms with Crippen LogP contribution in [0.25, 0.3) is 0 Å². The average Bonchev–Trinajstić information content (AvgIpc) is 2.91. The molecule has 2 N–H and O–H groups in total. The van der Waals surface area contributed by atoms with Gasteiger partial charge >= 0.3 is 0 Å². The molecule has 0 bridgehead atoms. The predicted octanol–water partition coefficient (Wildman–Crippen LogP) is 3.42. The van der Waals surface area contributed by atoms with Crippen molar-refractivity contribution in [1.82, 2.24) is 4.90 Å². The first-order chi connectivity index (χ1) is 12.0. The molecule has 1 aliphatic rings. The summed E-state index contributed by atoms with van der Waals surface area (Å²) in [5.74, 6) is 0.0344. The number of nitrogens with one attached hydrogen (secondary N) is 1. The third-order valence-corrected chi connectivity index (χ3v) is 5.17. The number of carbonyl (C=O) groups is 2. The van der Waals surface area contributed by atoms with Gasteiger partial charge in [0.15, 0.2) is 0 Å². The molecule has 5 nitrogen and oxygen atoms in total. The number of rotatable bonds is 5. The van der Waals surface area contributed by atoms with Crippen molar-refractivity contribution < 1.29 is 14.7 Å². The van der Waals surface area contributed by atoms with E-state index in [4.69, 9.17) is 0 Å². The Kier molecular flexibility index (Phi) is 5.28. The molecule has 25 heavy (non-hydrogen) atoms. The summed E-state index contributed by atoms with van der Waals surface area (Å²) in [5.41, 5.74) is 2.66. The molecule has 2 aromatic rings. The normalized spacial score (nSPS) is 16.9. The minimum absolute atomic E-state index is 0.0352. The molecular weight excluding hydrogens is 336 g/mol. The quantitative estimate of drug-likeness (QED) is 0.861. The first kappa shape index (κ1) is 17.4. The summed E-state index contributed by atoms with van der Waals surface area (Å²) in [4.78, 5) is 25.9. The molecule has 1 unspecified atom stereocenters. The number of phenols is 1. The van der Waals surface area contributed by atoms with Gasteiger partial charge < -0.3 is 15.3 Å². The van der Waals surface area contributed by atoms with Gasteiger partial charge in [-0.1, -0.05) is 47.7 Å². The number of aryl methyl sites for hydroxylation is 1. The molecule has 0 aliphatic carbocycles.